The summed E-state index contributed by atoms with van der Waals surface area (Å²) >= 11 is 8.27. The Balaban J connectivity index is 2.55. The van der Waals surface area contributed by atoms with Gasteiger partial charge in [-0.3, -0.25) is 0 Å². The van der Waals surface area contributed by atoms with Crippen molar-refractivity contribution in [1.82, 2.24) is 5.32 Å². The van der Waals surface area contributed by atoms with Crippen molar-refractivity contribution in [1.29, 1.82) is 0 Å². The highest BCUT2D eigenvalue weighted by molar-refractivity contribution is 14.1. The molecule has 0 radical (unpaired) electrons. The molecule has 0 saturated carbocycles. The van der Waals surface area contributed by atoms with E-state index < -0.39 is 0 Å². The van der Waals surface area contributed by atoms with Crippen LogP contribution in [-0.2, 0) is 0 Å². The van der Waals surface area contributed by atoms with Crippen molar-refractivity contribution >= 4 is 34.2 Å². The highest BCUT2D eigenvalue weighted by atomic mass is 127. The number of methoxy groups -OCH3 is 1. The van der Waals surface area contributed by atoms with E-state index in [9.17, 15) is 4.39 Å². The van der Waals surface area contributed by atoms with Crippen molar-refractivity contribution in [3.05, 3.63) is 61.9 Å². The van der Waals surface area contributed by atoms with Crippen molar-refractivity contribution in [3.8, 4) is 5.75 Å². The molecular weight excluding hydrogens is 392 g/mol. The summed E-state index contributed by atoms with van der Waals surface area (Å²) in [4.78, 5) is 0. The molecule has 5 heteroatoms. The van der Waals surface area contributed by atoms with E-state index in [4.69, 9.17) is 16.3 Å². The van der Waals surface area contributed by atoms with Crippen LogP contribution in [0.15, 0.2) is 36.4 Å². The zero-order valence-corrected chi connectivity index (χ0v) is 14.0. The molecule has 0 bridgehead atoms. The monoisotopic (exact) mass is 405 g/mol. The fourth-order valence-corrected chi connectivity index (χ4v) is 2.95. The summed E-state index contributed by atoms with van der Waals surface area (Å²) in [6.45, 7) is 0. The lowest BCUT2D eigenvalue weighted by Crippen LogP contribution is -2.20. The maximum absolute atomic E-state index is 14.4. The lowest BCUT2D eigenvalue weighted by Gasteiger charge is -2.20. The predicted molar refractivity (Wildman–Crippen MR) is 88.0 cm³/mol. The normalized spacial score (nSPS) is 12.2. The minimum Gasteiger partial charge on any atom is -0.494 e. The van der Waals surface area contributed by atoms with Crippen molar-refractivity contribution in [3.63, 3.8) is 0 Å². The van der Waals surface area contributed by atoms with Gasteiger partial charge in [-0.2, -0.15) is 0 Å². The SMILES string of the molecule is CNC(c1cc(Cl)ccc1I)c1cccc(OC)c1F. The fraction of sp³-hybridized carbons (Fsp3) is 0.200. The lowest BCUT2D eigenvalue weighted by atomic mass is 9.98. The topological polar surface area (TPSA) is 21.3 Å². The molecule has 0 aliphatic carbocycles. The van der Waals surface area contributed by atoms with Crippen LogP contribution >= 0.6 is 34.2 Å². The van der Waals surface area contributed by atoms with Gasteiger partial charge in [0.25, 0.3) is 0 Å². The van der Waals surface area contributed by atoms with Crippen molar-refractivity contribution in [2.75, 3.05) is 14.2 Å². The molecule has 20 heavy (non-hydrogen) atoms. The van der Waals surface area contributed by atoms with Crippen LogP contribution in [0.2, 0.25) is 5.02 Å². The molecule has 2 aromatic rings. The summed E-state index contributed by atoms with van der Waals surface area (Å²) in [5.41, 5.74) is 1.47. The Labute approximate surface area is 136 Å². The van der Waals surface area contributed by atoms with Gasteiger partial charge in [0, 0.05) is 14.2 Å². The van der Waals surface area contributed by atoms with Crippen LogP contribution in [0.3, 0.4) is 0 Å². The van der Waals surface area contributed by atoms with E-state index in [1.54, 1.807) is 25.2 Å². The summed E-state index contributed by atoms with van der Waals surface area (Å²) in [6.07, 6.45) is 0. The van der Waals surface area contributed by atoms with Crippen LogP contribution in [0.25, 0.3) is 0 Å². The highest BCUT2D eigenvalue weighted by Gasteiger charge is 2.20. The van der Waals surface area contributed by atoms with Gasteiger partial charge in [-0.1, -0.05) is 23.7 Å². The zero-order chi connectivity index (χ0) is 14.7. The molecule has 0 aromatic heterocycles. The van der Waals surface area contributed by atoms with Crippen molar-refractivity contribution in [2.45, 2.75) is 6.04 Å². The third-order valence-corrected chi connectivity index (χ3v) is 4.30. The zero-order valence-electron chi connectivity index (χ0n) is 11.1. The Morgan fingerprint density at radius 1 is 1.25 bits per heavy atom. The Morgan fingerprint density at radius 2 is 2.00 bits per heavy atom. The molecule has 0 saturated heterocycles. The average Bonchev–Trinajstić information content (AvgIpc) is 2.45. The molecule has 2 rings (SSSR count). The van der Waals surface area contributed by atoms with E-state index in [0.717, 1.165) is 9.13 Å². The maximum Gasteiger partial charge on any atom is 0.170 e. The first-order valence-corrected chi connectivity index (χ1v) is 7.48. The van der Waals surface area contributed by atoms with Crippen molar-refractivity contribution < 1.29 is 9.13 Å². The van der Waals surface area contributed by atoms with Crippen LogP contribution in [-0.4, -0.2) is 14.2 Å². The smallest absolute Gasteiger partial charge is 0.170 e. The first kappa shape index (κ1) is 15.5. The summed E-state index contributed by atoms with van der Waals surface area (Å²) in [5.74, 6) is -0.120. The lowest BCUT2D eigenvalue weighted by molar-refractivity contribution is 0.382. The molecule has 1 N–H and O–H groups in total. The summed E-state index contributed by atoms with van der Waals surface area (Å²) in [6, 6.07) is 10.4. The van der Waals surface area contributed by atoms with Crippen molar-refractivity contribution in [2.24, 2.45) is 0 Å². The number of hydrogen-bond acceptors (Lipinski definition) is 2. The van der Waals surface area contributed by atoms with Crippen LogP contribution in [0.5, 0.6) is 5.75 Å². The predicted octanol–water partition coefficient (Wildman–Crippen LogP) is 4.40. The molecule has 2 nitrogen and oxygen atoms in total. The van der Waals surface area contributed by atoms with Crippen LogP contribution in [0.4, 0.5) is 4.39 Å². The van der Waals surface area contributed by atoms with Gasteiger partial charge in [-0.25, -0.2) is 4.39 Å². The van der Waals surface area contributed by atoms with Gasteiger partial charge in [0.15, 0.2) is 11.6 Å². The number of rotatable bonds is 4. The van der Waals surface area contributed by atoms with Gasteiger partial charge >= 0.3 is 0 Å². The maximum atomic E-state index is 14.4. The van der Waals surface area contributed by atoms with Gasteiger partial charge in [0.1, 0.15) is 0 Å². The van der Waals surface area contributed by atoms with Gasteiger partial charge in [-0.05, 0) is 59.5 Å². The summed E-state index contributed by atoms with van der Waals surface area (Å²) in [7, 11) is 3.25. The number of benzene rings is 2. The van der Waals surface area contributed by atoms with Gasteiger partial charge in [0.05, 0.1) is 13.2 Å². The van der Waals surface area contributed by atoms with Crippen LogP contribution in [0, 0.1) is 9.39 Å². The highest BCUT2D eigenvalue weighted by Crippen LogP contribution is 2.32. The molecule has 1 atom stereocenters. The Kier molecular flexibility index (Phi) is 5.23. The molecule has 0 aliphatic rings. The van der Waals surface area contributed by atoms with E-state index >= 15 is 0 Å². The van der Waals surface area contributed by atoms with Gasteiger partial charge < -0.3 is 10.1 Å². The van der Waals surface area contributed by atoms with E-state index in [-0.39, 0.29) is 17.6 Å². The number of nitrogens with one attached hydrogen (secondary N) is 1. The molecule has 0 aliphatic heterocycles. The second-order valence-corrected chi connectivity index (χ2v) is 5.85. The molecule has 1 unspecified atom stereocenters. The molecular formula is C15H14ClFINO. The standard InChI is InChI=1S/C15H14ClFINO/c1-19-15(11-8-9(16)6-7-12(11)18)10-4-3-5-13(20-2)14(10)17/h3-8,15,19H,1-2H3. The molecule has 0 heterocycles. The van der Waals surface area contributed by atoms with Crippen LogP contribution in [0.1, 0.15) is 17.2 Å². The first-order chi connectivity index (χ1) is 9.58. The molecule has 2 aromatic carbocycles. The Morgan fingerprint density at radius 3 is 2.65 bits per heavy atom. The van der Waals surface area contributed by atoms with E-state index in [1.165, 1.54) is 7.11 Å². The quantitative estimate of drug-likeness (QED) is 0.761. The van der Waals surface area contributed by atoms with E-state index in [0.29, 0.717) is 10.6 Å². The molecule has 0 spiro atoms. The molecule has 0 amide bonds. The fourth-order valence-electron chi connectivity index (χ4n) is 2.12. The Hall–Kier alpha value is -0.850. The second kappa shape index (κ2) is 6.74. The average molecular weight is 406 g/mol. The second-order valence-electron chi connectivity index (χ2n) is 4.25. The third-order valence-electron chi connectivity index (χ3n) is 3.08. The first-order valence-electron chi connectivity index (χ1n) is 6.03. The van der Waals surface area contributed by atoms with Gasteiger partial charge in [-0.15, -0.1) is 0 Å². The van der Waals surface area contributed by atoms with E-state index in [1.807, 2.05) is 18.2 Å². The summed E-state index contributed by atoms with van der Waals surface area (Å²) in [5, 5.41) is 3.76. The molecule has 0 fully saturated rings. The molecule has 106 valence electrons. The minimum atomic E-state index is -0.356. The number of hydrogen-bond donors (Lipinski definition) is 1. The van der Waals surface area contributed by atoms with E-state index in [2.05, 4.69) is 27.9 Å². The summed E-state index contributed by atoms with van der Waals surface area (Å²) < 4.78 is 20.5. The number of ether oxygens (including phenoxy) is 1. The minimum absolute atomic E-state index is 0.236. The Bertz CT molecular complexity index is 621. The van der Waals surface area contributed by atoms with Gasteiger partial charge in [0.2, 0.25) is 0 Å². The third kappa shape index (κ3) is 3.07. The van der Waals surface area contributed by atoms with Crippen LogP contribution < -0.4 is 10.1 Å². The number of halogens is 3. The largest absolute Gasteiger partial charge is 0.494 e.